The Morgan fingerprint density at radius 3 is 2.62 bits per heavy atom. The van der Waals surface area contributed by atoms with Crippen molar-refractivity contribution in [3.05, 3.63) is 71.2 Å². The Bertz CT molecular complexity index is 1300. The zero-order valence-electron chi connectivity index (χ0n) is 21.5. The lowest BCUT2D eigenvalue weighted by Gasteiger charge is -2.27. The van der Waals surface area contributed by atoms with E-state index in [1.54, 1.807) is 24.5 Å². The van der Waals surface area contributed by atoms with Crippen LogP contribution in [0.5, 0.6) is 5.88 Å². The first kappa shape index (κ1) is 26.3. The van der Waals surface area contributed by atoms with Crippen LogP contribution in [-0.2, 0) is 10.2 Å². The van der Waals surface area contributed by atoms with Gasteiger partial charge in [-0.3, -0.25) is 9.78 Å². The van der Waals surface area contributed by atoms with Gasteiger partial charge in [-0.2, -0.15) is 5.26 Å². The summed E-state index contributed by atoms with van der Waals surface area (Å²) in [4.78, 5) is 21.8. The number of aromatic nitrogens is 2. The van der Waals surface area contributed by atoms with Crippen molar-refractivity contribution in [3.63, 3.8) is 0 Å². The molecule has 0 spiro atoms. The van der Waals surface area contributed by atoms with Crippen molar-refractivity contribution in [1.82, 2.24) is 9.97 Å². The number of carbonyl (C=O) groups is 1. The van der Waals surface area contributed by atoms with Crippen LogP contribution in [-0.4, -0.2) is 47.4 Å². The Labute approximate surface area is 217 Å². The third-order valence-electron chi connectivity index (χ3n) is 6.60. The molecule has 0 aliphatic carbocycles. The van der Waals surface area contributed by atoms with Crippen LogP contribution in [0.2, 0.25) is 0 Å². The summed E-state index contributed by atoms with van der Waals surface area (Å²) in [6.07, 6.45) is 4.84. The first-order valence-electron chi connectivity index (χ1n) is 12.4. The van der Waals surface area contributed by atoms with Crippen LogP contribution in [0.1, 0.15) is 59.8 Å². The minimum Gasteiger partial charge on any atom is -0.475 e. The highest BCUT2D eigenvalue weighted by molar-refractivity contribution is 6.05. The molecule has 3 heterocycles. The number of benzene rings is 1. The molecule has 0 atom stereocenters. The SMILES string of the molecule is Cc1ccc(NC(=O)c2ccncc2)c(C(C)(C)C#N)c1-c1cc(OCCO)nc(C2CCOCC2)c1. The number of amides is 1. The van der Waals surface area contributed by atoms with E-state index in [1.807, 2.05) is 39.0 Å². The van der Waals surface area contributed by atoms with Gasteiger partial charge in [-0.25, -0.2) is 4.98 Å². The van der Waals surface area contributed by atoms with Gasteiger partial charge in [0.05, 0.1) is 18.1 Å². The van der Waals surface area contributed by atoms with E-state index in [2.05, 4.69) is 22.4 Å². The number of carbonyl (C=O) groups excluding carboxylic acids is 1. The number of hydrogen-bond acceptors (Lipinski definition) is 7. The molecule has 3 aromatic rings. The number of nitriles is 1. The van der Waals surface area contributed by atoms with E-state index in [1.165, 1.54) is 0 Å². The van der Waals surface area contributed by atoms with Crippen molar-refractivity contribution in [1.29, 1.82) is 5.26 Å². The molecule has 0 bridgehead atoms. The van der Waals surface area contributed by atoms with Crippen molar-refractivity contribution in [2.75, 3.05) is 31.7 Å². The van der Waals surface area contributed by atoms with Gasteiger partial charge in [0.15, 0.2) is 0 Å². The molecule has 1 aliphatic rings. The van der Waals surface area contributed by atoms with E-state index in [9.17, 15) is 15.2 Å². The molecule has 1 saturated heterocycles. The monoisotopic (exact) mass is 500 g/mol. The molecule has 1 aliphatic heterocycles. The largest absolute Gasteiger partial charge is 0.475 e. The molecule has 1 aromatic carbocycles. The minimum atomic E-state index is -0.920. The normalized spacial score (nSPS) is 14.1. The Kier molecular flexibility index (Phi) is 8.17. The summed E-state index contributed by atoms with van der Waals surface area (Å²) in [5, 5.41) is 22.5. The number of anilines is 1. The maximum absolute atomic E-state index is 13.1. The predicted octanol–water partition coefficient (Wildman–Crippen LogP) is 4.77. The van der Waals surface area contributed by atoms with Gasteiger partial charge in [0.2, 0.25) is 5.88 Å². The van der Waals surface area contributed by atoms with Gasteiger partial charge in [0, 0.05) is 60.1 Å². The van der Waals surface area contributed by atoms with Crippen LogP contribution in [0.4, 0.5) is 5.69 Å². The van der Waals surface area contributed by atoms with E-state index < -0.39 is 5.41 Å². The van der Waals surface area contributed by atoms with Crippen molar-refractivity contribution < 1.29 is 19.4 Å². The van der Waals surface area contributed by atoms with Crippen molar-refractivity contribution in [2.24, 2.45) is 0 Å². The summed E-state index contributed by atoms with van der Waals surface area (Å²) in [5.74, 6) is 0.351. The summed E-state index contributed by atoms with van der Waals surface area (Å²) in [6, 6.07) is 13.4. The highest BCUT2D eigenvalue weighted by atomic mass is 16.5. The molecule has 1 fully saturated rings. The van der Waals surface area contributed by atoms with E-state index >= 15 is 0 Å². The molecular weight excluding hydrogens is 468 g/mol. The summed E-state index contributed by atoms with van der Waals surface area (Å²) in [5.41, 5.74) is 4.38. The number of nitrogens with zero attached hydrogens (tertiary/aromatic N) is 3. The minimum absolute atomic E-state index is 0.124. The number of rotatable bonds is 8. The molecule has 8 nitrogen and oxygen atoms in total. The number of nitrogens with one attached hydrogen (secondary N) is 1. The fourth-order valence-corrected chi connectivity index (χ4v) is 4.68. The molecule has 8 heteroatoms. The van der Waals surface area contributed by atoms with Crippen molar-refractivity contribution >= 4 is 11.6 Å². The Morgan fingerprint density at radius 2 is 1.95 bits per heavy atom. The third-order valence-corrected chi connectivity index (χ3v) is 6.60. The van der Waals surface area contributed by atoms with E-state index in [-0.39, 0.29) is 25.0 Å². The summed E-state index contributed by atoms with van der Waals surface area (Å²) in [7, 11) is 0. The van der Waals surface area contributed by atoms with Crippen LogP contribution >= 0.6 is 0 Å². The van der Waals surface area contributed by atoms with Crippen LogP contribution in [0.3, 0.4) is 0 Å². The van der Waals surface area contributed by atoms with Crippen LogP contribution in [0.25, 0.3) is 11.1 Å². The molecule has 4 rings (SSSR count). The van der Waals surface area contributed by atoms with Gasteiger partial charge in [0.25, 0.3) is 5.91 Å². The lowest BCUT2D eigenvalue weighted by atomic mass is 9.78. The molecule has 0 radical (unpaired) electrons. The lowest BCUT2D eigenvalue weighted by Crippen LogP contribution is -2.22. The first-order valence-corrected chi connectivity index (χ1v) is 12.4. The van der Waals surface area contributed by atoms with Gasteiger partial charge in [-0.1, -0.05) is 6.07 Å². The second-order valence-electron chi connectivity index (χ2n) is 9.68. The smallest absolute Gasteiger partial charge is 0.255 e. The fraction of sp³-hybridized carbons (Fsp3) is 0.379. The fourth-order valence-electron chi connectivity index (χ4n) is 4.68. The van der Waals surface area contributed by atoms with E-state index in [4.69, 9.17) is 14.5 Å². The second kappa shape index (κ2) is 11.5. The highest BCUT2D eigenvalue weighted by Crippen LogP contribution is 2.42. The third kappa shape index (κ3) is 5.96. The zero-order chi connectivity index (χ0) is 26.4. The highest BCUT2D eigenvalue weighted by Gasteiger charge is 2.30. The number of pyridine rings is 2. The van der Waals surface area contributed by atoms with Crippen LogP contribution < -0.4 is 10.1 Å². The Balaban J connectivity index is 1.88. The molecule has 1 amide bonds. The molecule has 37 heavy (non-hydrogen) atoms. The topological polar surface area (TPSA) is 117 Å². The quantitative estimate of drug-likeness (QED) is 0.457. The van der Waals surface area contributed by atoms with E-state index in [0.717, 1.165) is 40.8 Å². The summed E-state index contributed by atoms with van der Waals surface area (Å²) < 4.78 is 11.3. The standard InChI is InChI=1S/C29H32N4O4/c1-19-4-5-23(33-28(35)21-6-10-31-11-7-21)27(29(2,3)18-30)26(19)22-16-24(20-8-13-36-14-9-20)32-25(17-22)37-15-12-34/h4-7,10-11,16-17,20,34H,8-9,12-15H2,1-3H3,(H,33,35). The van der Waals surface area contributed by atoms with Crippen LogP contribution in [0.15, 0.2) is 48.8 Å². The number of hydrogen-bond donors (Lipinski definition) is 2. The number of ether oxygens (including phenoxy) is 2. The average molecular weight is 501 g/mol. The van der Waals surface area contributed by atoms with Crippen LogP contribution in [0, 0.1) is 18.3 Å². The first-order chi connectivity index (χ1) is 17.8. The maximum Gasteiger partial charge on any atom is 0.255 e. The molecular formula is C29H32N4O4. The van der Waals surface area contributed by atoms with Gasteiger partial charge in [-0.15, -0.1) is 0 Å². The average Bonchev–Trinajstić information content (AvgIpc) is 2.93. The Hall–Kier alpha value is -3.80. The summed E-state index contributed by atoms with van der Waals surface area (Å²) >= 11 is 0. The van der Waals surface area contributed by atoms with Gasteiger partial charge in [0.1, 0.15) is 6.61 Å². The van der Waals surface area contributed by atoms with Gasteiger partial charge < -0.3 is 19.9 Å². The zero-order valence-corrected chi connectivity index (χ0v) is 21.5. The van der Waals surface area contributed by atoms with E-state index in [0.29, 0.717) is 30.3 Å². The van der Waals surface area contributed by atoms with Gasteiger partial charge >= 0.3 is 0 Å². The van der Waals surface area contributed by atoms with Crippen molar-refractivity contribution in [2.45, 2.75) is 44.9 Å². The molecule has 2 N–H and O–H groups in total. The molecule has 192 valence electrons. The molecule has 0 saturated carbocycles. The lowest BCUT2D eigenvalue weighted by molar-refractivity contribution is 0.0843. The maximum atomic E-state index is 13.1. The molecule has 0 unspecified atom stereocenters. The van der Waals surface area contributed by atoms with Gasteiger partial charge in [-0.05, 0) is 74.6 Å². The summed E-state index contributed by atoms with van der Waals surface area (Å²) in [6.45, 7) is 7.02. The second-order valence-corrected chi connectivity index (χ2v) is 9.68. The number of aryl methyl sites for hydroxylation is 1. The Morgan fingerprint density at radius 1 is 1.22 bits per heavy atom. The number of aliphatic hydroxyl groups excluding tert-OH is 1. The molecule has 2 aromatic heterocycles. The van der Waals surface area contributed by atoms with Crippen molar-refractivity contribution in [3.8, 4) is 23.1 Å². The number of aliphatic hydroxyl groups is 1. The predicted molar refractivity (Wildman–Crippen MR) is 141 cm³/mol.